The summed E-state index contributed by atoms with van der Waals surface area (Å²) >= 11 is 0. The van der Waals surface area contributed by atoms with Crippen LogP contribution < -0.4 is 0 Å². The van der Waals surface area contributed by atoms with Gasteiger partial charge in [0.05, 0.1) is 0 Å². The Balaban J connectivity index is 5.36. The van der Waals surface area contributed by atoms with Gasteiger partial charge in [0.2, 0.25) is 0 Å². The molecule has 19 heavy (non-hydrogen) atoms. The molecule has 0 rings (SSSR count). The minimum Gasteiger partial charge on any atom is -0.478 e. The Bertz CT molecular complexity index is 481. The maximum absolute atomic E-state index is 11.1. The summed E-state index contributed by atoms with van der Waals surface area (Å²) in [6.45, 7) is 4.22. The van der Waals surface area contributed by atoms with E-state index in [4.69, 9.17) is 15.3 Å². The predicted octanol–water partition coefficient (Wildman–Crippen LogP) is 1.70. The van der Waals surface area contributed by atoms with Crippen molar-refractivity contribution >= 4 is 17.9 Å². The molecule has 0 saturated carbocycles. The van der Waals surface area contributed by atoms with E-state index >= 15 is 0 Å². The molecule has 0 aliphatic carbocycles. The smallest absolute Gasteiger partial charge is 0.332 e. The van der Waals surface area contributed by atoms with Crippen LogP contribution in [-0.4, -0.2) is 33.2 Å². The molecule has 0 aromatic heterocycles. The Kier molecular flexibility index (Phi) is 6.26. The summed E-state index contributed by atoms with van der Waals surface area (Å²) in [4.78, 5) is 32.3. The molecule has 0 spiro atoms. The Labute approximate surface area is 110 Å². The highest BCUT2D eigenvalue weighted by molar-refractivity contribution is 5.90. The number of carboxylic acid groups (broad SMARTS) is 3. The van der Waals surface area contributed by atoms with E-state index in [0.717, 1.165) is 0 Å². The van der Waals surface area contributed by atoms with Gasteiger partial charge < -0.3 is 15.3 Å². The molecule has 0 saturated heterocycles. The van der Waals surface area contributed by atoms with E-state index < -0.39 is 23.8 Å². The topological polar surface area (TPSA) is 112 Å². The van der Waals surface area contributed by atoms with Crippen LogP contribution in [0.1, 0.15) is 20.8 Å². The predicted molar refractivity (Wildman–Crippen MR) is 67.7 cm³/mol. The first kappa shape index (κ1) is 16.6. The number of allylic oxidation sites excluding steroid dienone is 3. The highest BCUT2D eigenvalue weighted by Crippen LogP contribution is 2.15. The molecule has 0 fully saturated rings. The first-order chi connectivity index (χ1) is 8.66. The third-order valence-electron chi connectivity index (χ3n) is 2.43. The molecule has 0 aliphatic heterocycles. The van der Waals surface area contributed by atoms with E-state index in [2.05, 4.69) is 0 Å². The summed E-state index contributed by atoms with van der Waals surface area (Å²) in [5.41, 5.74) is -0.0651. The molecule has 6 heteroatoms. The summed E-state index contributed by atoms with van der Waals surface area (Å²) in [5, 5.41) is 26.4. The molecule has 104 valence electrons. The second kappa shape index (κ2) is 7.15. The molecule has 0 radical (unpaired) electrons. The van der Waals surface area contributed by atoms with E-state index in [1.165, 1.54) is 39.0 Å². The number of hydrogen-bond acceptors (Lipinski definition) is 3. The van der Waals surface area contributed by atoms with Crippen molar-refractivity contribution in [2.24, 2.45) is 5.92 Å². The second-order valence-corrected chi connectivity index (χ2v) is 4.03. The van der Waals surface area contributed by atoms with Crippen LogP contribution in [0.25, 0.3) is 0 Å². The zero-order valence-corrected chi connectivity index (χ0v) is 10.9. The number of aliphatic carboxylic acids is 3. The fraction of sp³-hybridized carbons (Fsp3) is 0.308. The molecule has 3 N–H and O–H groups in total. The summed E-state index contributed by atoms with van der Waals surface area (Å²) < 4.78 is 0. The van der Waals surface area contributed by atoms with Crippen LogP contribution in [0, 0.1) is 5.92 Å². The highest BCUT2D eigenvalue weighted by Gasteiger charge is 2.15. The molecular weight excluding hydrogens is 252 g/mol. The first-order valence-electron chi connectivity index (χ1n) is 5.43. The standard InChI is InChI=1S/C13H16O6/c1-7(11(14)15)4-5-10(13(18)19)8(2)6-9(3)12(16)17/h4-6,8H,1-3H3,(H,14,15)(H,16,17)(H,18,19). The highest BCUT2D eigenvalue weighted by atomic mass is 16.4. The van der Waals surface area contributed by atoms with Gasteiger partial charge in [-0.25, -0.2) is 14.4 Å². The fourth-order valence-electron chi connectivity index (χ4n) is 1.24. The summed E-state index contributed by atoms with van der Waals surface area (Å²) in [7, 11) is 0. The summed E-state index contributed by atoms with van der Waals surface area (Å²) in [5.74, 6) is -4.15. The van der Waals surface area contributed by atoms with Crippen LogP contribution in [0.15, 0.2) is 34.9 Å². The van der Waals surface area contributed by atoms with Crippen LogP contribution >= 0.6 is 0 Å². The number of rotatable bonds is 6. The van der Waals surface area contributed by atoms with E-state index in [9.17, 15) is 14.4 Å². The molecule has 0 amide bonds. The lowest BCUT2D eigenvalue weighted by Gasteiger charge is -2.08. The Morgan fingerprint density at radius 2 is 1.32 bits per heavy atom. The minimum absolute atomic E-state index is 0.00936. The number of hydrogen-bond donors (Lipinski definition) is 3. The molecule has 0 aromatic rings. The maximum atomic E-state index is 11.1. The van der Waals surface area contributed by atoms with Crippen LogP contribution in [0.5, 0.6) is 0 Å². The molecule has 6 nitrogen and oxygen atoms in total. The lowest BCUT2D eigenvalue weighted by Crippen LogP contribution is -2.10. The van der Waals surface area contributed by atoms with E-state index in [-0.39, 0.29) is 16.7 Å². The largest absolute Gasteiger partial charge is 0.478 e. The van der Waals surface area contributed by atoms with Crippen molar-refractivity contribution in [3.63, 3.8) is 0 Å². The Morgan fingerprint density at radius 1 is 0.842 bits per heavy atom. The van der Waals surface area contributed by atoms with Gasteiger partial charge in [0.25, 0.3) is 0 Å². The number of carbonyl (C=O) groups is 3. The van der Waals surface area contributed by atoms with Crippen molar-refractivity contribution in [2.45, 2.75) is 20.8 Å². The zero-order chi connectivity index (χ0) is 15.2. The SMILES string of the molecule is CC(=CC=C(C(=O)O)C(C)C=C(C)C(=O)O)C(=O)O. The van der Waals surface area contributed by atoms with Gasteiger partial charge in [-0.2, -0.15) is 0 Å². The van der Waals surface area contributed by atoms with Gasteiger partial charge in [-0.15, -0.1) is 0 Å². The van der Waals surface area contributed by atoms with E-state index in [1.54, 1.807) is 0 Å². The van der Waals surface area contributed by atoms with Gasteiger partial charge in [0.15, 0.2) is 0 Å². The fourth-order valence-corrected chi connectivity index (χ4v) is 1.24. The molecule has 0 heterocycles. The van der Waals surface area contributed by atoms with Gasteiger partial charge in [-0.1, -0.05) is 25.2 Å². The minimum atomic E-state index is -1.23. The van der Waals surface area contributed by atoms with Crippen molar-refractivity contribution in [2.75, 3.05) is 0 Å². The molecular formula is C13H16O6. The monoisotopic (exact) mass is 268 g/mol. The van der Waals surface area contributed by atoms with Gasteiger partial charge in [0, 0.05) is 22.6 Å². The average molecular weight is 268 g/mol. The molecule has 0 bridgehead atoms. The van der Waals surface area contributed by atoms with Crippen molar-refractivity contribution < 1.29 is 29.7 Å². The van der Waals surface area contributed by atoms with Gasteiger partial charge in [-0.3, -0.25) is 0 Å². The van der Waals surface area contributed by atoms with Crippen LogP contribution in [0.4, 0.5) is 0 Å². The Morgan fingerprint density at radius 3 is 1.68 bits per heavy atom. The first-order valence-corrected chi connectivity index (χ1v) is 5.43. The third-order valence-corrected chi connectivity index (χ3v) is 2.43. The van der Waals surface area contributed by atoms with Crippen molar-refractivity contribution in [1.29, 1.82) is 0 Å². The Hall–Kier alpha value is -2.37. The normalized spacial score (nSPS) is 15.0. The molecule has 1 unspecified atom stereocenters. The van der Waals surface area contributed by atoms with Crippen LogP contribution in [0.3, 0.4) is 0 Å². The summed E-state index contributed by atoms with van der Waals surface area (Å²) in [6, 6.07) is 0. The van der Waals surface area contributed by atoms with Gasteiger partial charge in [-0.05, 0) is 13.8 Å². The van der Waals surface area contributed by atoms with Crippen molar-refractivity contribution in [1.82, 2.24) is 0 Å². The van der Waals surface area contributed by atoms with Crippen LogP contribution in [-0.2, 0) is 14.4 Å². The zero-order valence-electron chi connectivity index (χ0n) is 10.9. The van der Waals surface area contributed by atoms with E-state index in [1.807, 2.05) is 0 Å². The van der Waals surface area contributed by atoms with Gasteiger partial charge >= 0.3 is 17.9 Å². The van der Waals surface area contributed by atoms with Crippen molar-refractivity contribution in [3.05, 3.63) is 34.9 Å². The van der Waals surface area contributed by atoms with Crippen LogP contribution in [0.2, 0.25) is 0 Å². The summed E-state index contributed by atoms with van der Waals surface area (Å²) in [6.07, 6.45) is 3.64. The maximum Gasteiger partial charge on any atom is 0.332 e. The lowest BCUT2D eigenvalue weighted by atomic mass is 9.97. The molecule has 0 aliphatic rings. The second-order valence-electron chi connectivity index (χ2n) is 4.03. The quantitative estimate of drug-likeness (QED) is 0.499. The third kappa shape index (κ3) is 5.67. The van der Waals surface area contributed by atoms with Crippen molar-refractivity contribution in [3.8, 4) is 0 Å². The van der Waals surface area contributed by atoms with E-state index in [0.29, 0.717) is 0 Å². The van der Waals surface area contributed by atoms with Gasteiger partial charge in [0.1, 0.15) is 0 Å². The molecule has 0 aromatic carbocycles. The molecule has 1 atom stereocenters. The number of carboxylic acids is 3. The lowest BCUT2D eigenvalue weighted by molar-refractivity contribution is -0.134. The average Bonchev–Trinajstić information content (AvgIpc) is 2.27.